The van der Waals surface area contributed by atoms with Gasteiger partial charge < -0.3 is 8.83 Å². The maximum Gasteiger partial charge on any atom is 0.283 e. The highest BCUT2D eigenvalue weighted by atomic mass is 32.2. The molecule has 110 valence electrons. The molecule has 0 atom stereocenters. The first-order valence-electron chi connectivity index (χ1n) is 6.47. The maximum atomic E-state index is 5.69. The first kappa shape index (κ1) is 13.5. The smallest absolute Gasteiger partial charge is 0.283 e. The highest BCUT2D eigenvalue weighted by molar-refractivity contribution is 7.99. The van der Waals surface area contributed by atoms with Gasteiger partial charge in [-0.05, 0) is 37.7 Å². The van der Waals surface area contributed by atoms with Gasteiger partial charge in [-0.15, -0.1) is 21.5 Å². The highest BCUT2D eigenvalue weighted by Gasteiger charge is 2.16. The molecule has 4 aromatic rings. The van der Waals surface area contributed by atoms with Crippen LogP contribution in [0.3, 0.4) is 0 Å². The number of hydrogen-bond donors (Lipinski definition) is 0. The van der Waals surface area contributed by atoms with Gasteiger partial charge in [-0.3, -0.25) is 0 Å². The first-order valence-corrected chi connectivity index (χ1v) is 8.11. The van der Waals surface area contributed by atoms with Crippen LogP contribution in [0.4, 0.5) is 0 Å². The normalized spacial score (nSPS) is 11.4. The van der Waals surface area contributed by atoms with Crippen molar-refractivity contribution in [1.29, 1.82) is 0 Å². The van der Waals surface area contributed by atoms with Crippen molar-refractivity contribution < 1.29 is 8.83 Å². The topological polar surface area (TPSA) is 77.8 Å². The van der Waals surface area contributed by atoms with Crippen molar-refractivity contribution in [3.05, 3.63) is 35.4 Å². The van der Waals surface area contributed by atoms with E-state index >= 15 is 0 Å². The van der Waals surface area contributed by atoms with E-state index in [-0.39, 0.29) is 0 Å². The summed E-state index contributed by atoms with van der Waals surface area (Å²) in [6.07, 6.45) is 3.15. The van der Waals surface area contributed by atoms with Gasteiger partial charge in [0.2, 0.25) is 0 Å². The summed E-state index contributed by atoms with van der Waals surface area (Å²) in [4.78, 5) is 10.7. The van der Waals surface area contributed by atoms with Crippen molar-refractivity contribution in [3.8, 4) is 11.5 Å². The van der Waals surface area contributed by atoms with Gasteiger partial charge >= 0.3 is 0 Å². The molecule has 4 heterocycles. The number of fused-ring (bicyclic) bond motifs is 1. The van der Waals surface area contributed by atoms with E-state index in [1.54, 1.807) is 23.9 Å². The van der Waals surface area contributed by atoms with E-state index in [1.807, 2.05) is 19.9 Å². The van der Waals surface area contributed by atoms with Crippen LogP contribution in [-0.4, -0.2) is 20.2 Å². The Kier molecular flexibility index (Phi) is 3.20. The van der Waals surface area contributed by atoms with Gasteiger partial charge in [-0.2, -0.15) is 0 Å². The fourth-order valence-corrected chi connectivity index (χ4v) is 3.73. The Morgan fingerprint density at radius 3 is 2.91 bits per heavy atom. The molecule has 0 bridgehead atoms. The maximum absolute atomic E-state index is 5.69. The van der Waals surface area contributed by atoms with Crippen LogP contribution in [0.2, 0.25) is 0 Å². The number of thiophene rings is 1. The zero-order valence-electron chi connectivity index (χ0n) is 11.7. The predicted molar refractivity (Wildman–Crippen MR) is 83.0 cm³/mol. The first-order chi connectivity index (χ1) is 10.7. The van der Waals surface area contributed by atoms with Crippen LogP contribution in [-0.2, 0) is 0 Å². The van der Waals surface area contributed by atoms with Gasteiger partial charge in [-0.1, -0.05) is 0 Å². The van der Waals surface area contributed by atoms with Gasteiger partial charge in [0, 0.05) is 10.3 Å². The minimum absolute atomic E-state index is 0.444. The van der Waals surface area contributed by atoms with E-state index in [2.05, 4.69) is 26.2 Å². The minimum atomic E-state index is 0.444. The average molecular weight is 330 g/mol. The summed E-state index contributed by atoms with van der Waals surface area (Å²) in [5.74, 6) is 1.19. The second-order valence-electron chi connectivity index (χ2n) is 4.62. The summed E-state index contributed by atoms with van der Waals surface area (Å²) in [6, 6.07) is 3.88. The summed E-state index contributed by atoms with van der Waals surface area (Å²) < 4.78 is 10.9. The summed E-state index contributed by atoms with van der Waals surface area (Å²) in [6.45, 7) is 3.90. The second-order valence-corrected chi connectivity index (χ2v) is 6.80. The molecular weight excluding hydrogens is 320 g/mol. The third-order valence-corrected chi connectivity index (χ3v) is 4.91. The molecule has 4 rings (SSSR count). The molecular formula is C14H10N4O2S2. The second kappa shape index (κ2) is 5.22. The third-order valence-electron chi connectivity index (χ3n) is 3.10. The molecule has 0 aliphatic carbocycles. The summed E-state index contributed by atoms with van der Waals surface area (Å²) in [7, 11) is 0. The lowest BCUT2D eigenvalue weighted by molar-refractivity contribution is 0.463. The van der Waals surface area contributed by atoms with Crippen molar-refractivity contribution in [1.82, 2.24) is 20.2 Å². The van der Waals surface area contributed by atoms with Crippen LogP contribution in [0.15, 0.2) is 43.8 Å². The SMILES string of the molecule is Cc1cc2c(Sc3nnc(-c4ccoc4C)o3)ncnc2s1. The predicted octanol–water partition coefficient (Wildman–Crippen LogP) is 4.10. The van der Waals surface area contributed by atoms with Crippen LogP contribution in [0, 0.1) is 13.8 Å². The van der Waals surface area contributed by atoms with E-state index < -0.39 is 0 Å². The Labute approximate surface area is 133 Å². The number of hydrogen-bond acceptors (Lipinski definition) is 8. The molecule has 4 aromatic heterocycles. The fourth-order valence-electron chi connectivity index (χ4n) is 2.09. The monoisotopic (exact) mass is 330 g/mol. The van der Waals surface area contributed by atoms with Crippen molar-refractivity contribution in [2.24, 2.45) is 0 Å². The van der Waals surface area contributed by atoms with Crippen LogP contribution in [0.1, 0.15) is 10.6 Å². The number of nitrogens with zero attached hydrogens (tertiary/aromatic N) is 4. The Morgan fingerprint density at radius 1 is 1.18 bits per heavy atom. The van der Waals surface area contributed by atoms with Crippen molar-refractivity contribution in [3.63, 3.8) is 0 Å². The average Bonchev–Trinajstić information content (AvgIpc) is 3.18. The van der Waals surface area contributed by atoms with E-state index in [4.69, 9.17) is 8.83 Å². The van der Waals surface area contributed by atoms with E-state index in [1.165, 1.54) is 16.6 Å². The number of aromatic nitrogens is 4. The molecule has 0 saturated heterocycles. The van der Waals surface area contributed by atoms with E-state index in [0.29, 0.717) is 11.1 Å². The molecule has 0 N–H and O–H groups in total. The molecule has 0 saturated carbocycles. The van der Waals surface area contributed by atoms with Gasteiger partial charge in [0.1, 0.15) is 21.9 Å². The van der Waals surface area contributed by atoms with Crippen LogP contribution >= 0.6 is 23.1 Å². The standard InChI is InChI=1S/C14H10N4O2S2/c1-7-5-10-12(21-7)15-6-16-13(10)22-14-18-17-11(20-14)9-3-4-19-8(9)2/h3-6H,1-2H3. The largest absolute Gasteiger partial charge is 0.469 e. The molecule has 0 aliphatic heterocycles. The molecule has 22 heavy (non-hydrogen) atoms. The quantitative estimate of drug-likeness (QED) is 0.523. The number of rotatable bonds is 3. The Hall–Kier alpha value is -2.19. The number of aryl methyl sites for hydroxylation is 2. The van der Waals surface area contributed by atoms with Crippen molar-refractivity contribution in [2.75, 3.05) is 0 Å². The Bertz CT molecular complexity index is 957. The molecule has 0 fully saturated rings. The van der Waals surface area contributed by atoms with Crippen LogP contribution in [0.5, 0.6) is 0 Å². The Balaban J connectivity index is 1.69. The highest BCUT2D eigenvalue weighted by Crippen LogP contribution is 2.35. The van der Waals surface area contributed by atoms with Crippen LogP contribution < -0.4 is 0 Å². The van der Waals surface area contributed by atoms with Gasteiger partial charge in [0.05, 0.1) is 11.8 Å². The summed E-state index contributed by atoms with van der Waals surface area (Å²) >= 11 is 2.98. The van der Waals surface area contributed by atoms with E-state index in [0.717, 1.165) is 26.6 Å². The summed E-state index contributed by atoms with van der Waals surface area (Å²) in [5.41, 5.74) is 0.804. The lowest BCUT2D eigenvalue weighted by Gasteiger charge is -1.96. The van der Waals surface area contributed by atoms with Crippen molar-refractivity contribution >= 4 is 33.3 Å². The Morgan fingerprint density at radius 2 is 2.09 bits per heavy atom. The minimum Gasteiger partial charge on any atom is -0.469 e. The van der Waals surface area contributed by atoms with E-state index in [9.17, 15) is 0 Å². The zero-order chi connectivity index (χ0) is 15.1. The van der Waals surface area contributed by atoms with Crippen molar-refractivity contribution in [2.45, 2.75) is 24.1 Å². The van der Waals surface area contributed by atoms with Gasteiger partial charge in [-0.25, -0.2) is 9.97 Å². The van der Waals surface area contributed by atoms with Crippen LogP contribution in [0.25, 0.3) is 21.7 Å². The molecule has 6 nitrogen and oxygen atoms in total. The molecule has 0 aliphatic rings. The zero-order valence-corrected chi connectivity index (χ0v) is 13.4. The molecule has 0 radical (unpaired) electrons. The summed E-state index contributed by atoms with van der Waals surface area (Å²) in [5, 5.41) is 10.4. The number of furan rings is 1. The molecule has 0 aromatic carbocycles. The molecule has 0 spiro atoms. The molecule has 0 amide bonds. The third kappa shape index (κ3) is 2.30. The van der Waals surface area contributed by atoms with Gasteiger partial charge in [0.15, 0.2) is 0 Å². The van der Waals surface area contributed by atoms with Gasteiger partial charge in [0.25, 0.3) is 11.1 Å². The lowest BCUT2D eigenvalue weighted by Crippen LogP contribution is -1.83. The molecule has 0 unspecified atom stereocenters. The fraction of sp³-hybridized carbons (Fsp3) is 0.143. The molecule has 8 heteroatoms. The lowest BCUT2D eigenvalue weighted by atomic mass is 10.3.